The fourth-order valence-electron chi connectivity index (χ4n) is 1.42. The first-order valence-corrected chi connectivity index (χ1v) is 5.05. The Bertz CT molecular complexity index is 606. The number of rotatable bonds is 3. The number of hydrogen-bond donors (Lipinski definition) is 2. The summed E-state index contributed by atoms with van der Waals surface area (Å²) in [5.41, 5.74) is 0.703. The van der Waals surface area contributed by atoms with Crippen molar-refractivity contribution in [2.75, 3.05) is 5.32 Å². The molecule has 0 aliphatic carbocycles. The van der Waals surface area contributed by atoms with Crippen molar-refractivity contribution in [2.45, 2.75) is 0 Å². The van der Waals surface area contributed by atoms with Gasteiger partial charge in [0.15, 0.2) is 0 Å². The summed E-state index contributed by atoms with van der Waals surface area (Å²) in [7, 11) is 1.64. The molecule has 0 saturated carbocycles. The number of anilines is 1. The van der Waals surface area contributed by atoms with Gasteiger partial charge in [-0.3, -0.25) is 14.5 Å². The van der Waals surface area contributed by atoms with Crippen molar-refractivity contribution in [3.8, 4) is 0 Å². The number of aromatic carboxylic acids is 1. The van der Waals surface area contributed by atoms with Gasteiger partial charge in [-0.05, 0) is 12.1 Å². The van der Waals surface area contributed by atoms with Gasteiger partial charge in [0.25, 0.3) is 5.91 Å². The zero-order chi connectivity index (χ0) is 13.1. The monoisotopic (exact) mass is 246 g/mol. The Morgan fingerprint density at radius 1 is 1.39 bits per heavy atom. The van der Waals surface area contributed by atoms with Crippen LogP contribution >= 0.6 is 0 Å². The molecular weight excluding hydrogens is 236 g/mol. The molecule has 0 saturated heterocycles. The Kier molecular flexibility index (Phi) is 3.05. The van der Waals surface area contributed by atoms with Gasteiger partial charge < -0.3 is 10.4 Å². The first-order chi connectivity index (χ1) is 8.58. The maximum Gasteiger partial charge on any atom is 0.337 e. The highest BCUT2D eigenvalue weighted by Crippen LogP contribution is 2.10. The molecule has 18 heavy (non-hydrogen) atoms. The average Bonchev–Trinajstić information content (AvgIpc) is 2.76. The van der Waals surface area contributed by atoms with Crippen LogP contribution in [0.2, 0.25) is 0 Å². The Balaban J connectivity index is 2.20. The zero-order valence-corrected chi connectivity index (χ0v) is 9.49. The maximum absolute atomic E-state index is 11.8. The van der Waals surface area contributed by atoms with Gasteiger partial charge in [-0.1, -0.05) is 0 Å². The van der Waals surface area contributed by atoms with Crippen molar-refractivity contribution in [3.05, 3.63) is 42.0 Å². The largest absolute Gasteiger partial charge is 0.478 e. The van der Waals surface area contributed by atoms with Crippen molar-refractivity contribution >= 4 is 17.6 Å². The fourth-order valence-corrected chi connectivity index (χ4v) is 1.42. The number of aryl methyl sites for hydroxylation is 1. The van der Waals surface area contributed by atoms with E-state index in [1.165, 1.54) is 29.3 Å². The van der Waals surface area contributed by atoms with Gasteiger partial charge in [-0.2, -0.15) is 5.10 Å². The average molecular weight is 246 g/mol. The molecule has 0 radical (unpaired) electrons. The van der Waals surface area contributed by atoms with E-state index in [2.05, 4.69) is 15.4 Å². The van der Waals surface area contributed by atoms with Crippen LogP contribution in [-0.2, 0) is 7.05 Å². The molecule has 7 nitrogen and oxygen atoms in total. The first-order valence-electron chi connectivity index (χ1n) is 5.05. The Labute approximate surface area is 102 Å². The molecule has 0 bridgehead atoms. The minimum Gasteiger partial charge on any atom is -0.478 e. The van der Waals surface area contributed by atoms with E-state index in [0.29, 0.717) is 11.4 Å². The van der Waals surface area contributed by atoms with Gasteiger partial charge in [0.05, 0.1) is 17.4 Å². The topological polar surface area (TPSA) is 97.1 Å². The smallest absolute Gasteiger partial charge is 0.337 e. The van der Waals surface area contributed by atoms with Crippen LogP contribution in [0.4, 0.5) is 5.69 Å². The van der Waals surface area contributed by atoms with Crippen molar-refractivity contribution in [1.29, 1.82) is 0 Å². The lowest BCUT2D eigenvalue weighted by atomic mass is 10.2. The number of nitrogens with zero attached hydrogens (tertiary/aromatic N) is 3. The predicted octanol–water partition coefficient (Wildman–Crippen LogP) is 0.766. The van der Waals surface area contributed by atoms with E-state index in [4.69, 9.17) is 5.11 Å². The van der Waals surface area contributed by atoms with Gasteiger partial charge in [-0.15, -0.1) is 0 Å². The SMILES string of the molecule is Cn1nccc1C(=O)Nc1cncc(C(=O)O)c1. The number of carbonyl (C=O) groups excluding carboxylic acids is 1. The second-order valence-electron chi connectivity index (χ2n) is 3.56. The molecule has 0 aliphatic rings. The van der Waals surface area contributed by atoms with Crippen molar-refractivity contribution in [2.24, 2.45) is 7.05 Å². The molecule has 7 heteroatoms. The standard InChI is InChI=1S/C11H10N4O3/c1-15-9(2-3-13-15)10(16)14-8-4-7(11(17)18)5-12-6-8/h2-6H,1H3,(H,14,16)(H,17,18). The van der Waals surface area contributed by atoms with Crippen LogP contribution in [0, 0.1) is 0 Å². The predicted molar refractivity (Wildman–Crippen MR) is 62.4 cm³/mol. The summed E-state index contributed by atoms with van der Waals surface area (Å²) in [6, 6.07) is 2.90. The lowest BCUT2D eigenvalue weighted by molar-refractivity contribution is 0.0696. The number of carboxylic acids is 1. The van der Waals surface area contributed by atoms with E-state index in [1.54, 1.807) is 13.1 Å². The van der Waals surface area contributed by atoms with Gasteiger partial charge in [0.1, 0.15) is 5.69 Å². The summed E-state index contributed by atoms with van der Waals surface area (Å²) in [6.45, 7) is 0. The van der Waals surface area contributed by atoms with Gasteiger partial charge in [-0.25, -0.2) is 4.79 Å². The van der Waals surface area contributed by atoms with Gasteiger partial charge >= 0.3 is 5.97 Å². The first kappa shape index (κ1) is 11.8. The summed E-state index contributed by atoms with van der Waals surface area (Å²) in [4.78, 5) is 26.3. The number of pyridine rings is 1. The maximum atomic E-state index is 11.8. The lowest BCUT2D eigenvalue weighted by Crippen LogP contribution is -2.16. The molecule has 92 valence electrons. The highest BCUT2D eigenvalue weighted by atomic mass is 16.4. The molecule has 0 unspecified atom stereocenters. The van der Waals surface area contributed by atoms with E-state index in [9.17, 15) is 9.59 Å². The summed E-state index contributed by atoms with van der Waals surface area (Å²) in [5.74, 6) is -1.47. The van der Waals surface area contributed by atoms with Crippen LogP contribution in [0.5, 0.6) is 0 Å². The molecule has 0 atom stereocenters. The van der Waals surface area contributed by atoms with Crippen LogP contribution in [0.1, 0.15) is 20.8 Å². The number of carbonyl (C=O) groups is 2. The van der Waals surface area contributed by atoms with Crippen molar-refractivity contribution < 1.29 is 14.7 Å². The molecule has 0 spiro atoms. The third-order valence-electron chi connectivity index (χ3n) is 2.30. The second kappa shape index (κ2) is 4.66. The summed E-state index contributed by atoms with van der Waals surface area (Å²) in [6.07, 6.45) is 4.09. The number of hydrogen-bond acceptors (Lipinski definition) is 4. The summed E-state index contributed by atoms with van der Waals surface area (Å²) in [5, 5.41) is 15.2. The second-order valence-corrected chi connectivity index (χ2v) is 3.56. The number of amides is 1. The van der Waals surface area contributed by atoms with E-state index in [1.807, 2.05) is 0 Å². The molecule has 2 heterocycles. The van der Waals surface area contributed by atoms with Crippen LogP contribution in [0.15, 0.2) is 30.7 Å². The molecule has 2 aromatic rings. The Morgan fingerprint density at radius 3 is 2.78 bits per heavy atom. The van der Waals surface area contributed by atoms with E-state index in [-0.39, 0.29) is 11.5 Å². The molecule has 0 aromatic carbocycles. The van der Waals surface area contributed by atoms with E-state index in [0.717, 1.165) is 0 Å². The van der Waals surface area contributed by atoms with Crippen LogP contribution in [0.25, 0.3) is 0 Å². The third kappa shape index (κ3) is 2.34. The Morgan fingerprint density at radius 2 is 2.17 bits per heavy atom. The minimum absolute atomic E-state index is 0.0119. The van der Waals surface area contributed by atoms with Gasteiger partial charge in [0, 0.05) is 19.4 Å². The minimum atomic E-state index is -1.10. The normalized spacial score (nSPS) is 10.1. The molecule has 2 N–H and O–H groups in total. The lowest BCUT2D eigenvalue weighted by Gasteiger charge is -2.05. The summed E-state index contributed by atoms with van der Waals surface area (Å²) >= 11 is 0. The van der Waals surface area contributed by atoms with Crippen molar-refractivity contribution in [1.82, 2.24) is 14.8 Å². The number of aromatic nitrogens is 3. The molecule has 2 rings (SSSR count). The van der Waals surface area contributed by atoms with Crippen LogP contribution in [0.3, 0.4) is 0 Å². The third-order valence-corrected chi connectivity index (χ3v) is 2.30. The Hall–Kier alpha value is -2.70. The molecule has 0 aliphatic heterocycles. The van der Waals surface area contributed by atoms with E-state index >= 15 is 0 Å². The molecular formula is C11H10N4O3. The molecule has 2 aromatic heterocycles. The van der Waals surface area contributed by atoms with Crippen LogP contribution < -0.4 is 5.32 Å². The summed E-state index contributed by atoms with van der Waals surface area (Å²) < 4.78 is 1.42. The quantitative estimate of drug-likeness (QED) is 0.833. The van der Waals surface area contributed by atoms with Gasteiger partial charge in [0.2, 0.25) is 0 Å². The fraction of sp³-hybridized carbons (Fsp3) is 0.0909. The van der Waals surface area contributed by atoms with Crippen molar-refractivity contribution in [3.63, 3.8) is 0 Å². The van der Waals surface area contributed by atoms with Crippen LogP contribution in [-0.4, -0.2) is 31.7 Å². The zero-order valence-electron chi connectivity index (χ0n) is 9.49. The number of carboxylic acid groups (broad SMARTS) is 1. The highest BCUT2D eigenvalue weighted by Gasteiger charge is 2.11. The van der Waals surface area contributed by atoms with E-state index < -0.39 is 5.97 Å². The molecule has 0 fully saturated rings. The number of nitrogens with one attached hydrogen (secondary N) is 1. The highest BCUT2D eigenvalue weighted by molar-refractivity contribution is 6.03. The molecule has 1 amide bonds.